The van der Waals surface area contributed by atoms with Crippen molar-refractivity contribution in [2.45, 2.75) is 51.0 Å². The molecule has 1 aliphatic carbocycles. The Labute approximate surface area is 148 Å². The summed E-state index contributed by atoms with van der Waals surface area (Å²) in [6.07, 6.45) is 8.39. The molecule has 0 aromatic heterocycles. The highest BCUT2D eigenvalue weighted by Gasteiger charge is 2.33. The maximum atomic E-state index is 12.5. The largest absolute Gasteiger partial charge is 0.345 e. The summed E-state index contributed by atoms with van der Waals surface area (Å²) in [6.45, 7) is 2.76. The fraction of sp³-hybridized carbons (Fsp3) is 0.938. The van der Waals surface area contributed by atoms with Gasteiger partial charge in [0.15, 0.2) is 0 Å². The summed E-state index contributed by atoms with van der Waals surface area (Å²) in [5, 5.41) is 0. The summed E-state index contributed by atoms with van der Waals surface area (Å²) in [7, 11) is 4.18. The van der Waals surface area contributed by atoms with E-state index in [1.165, 1.54) is 25.8 Å². The molecule has 4 nitrogen and oxygen atoms in total. The number of nitrogens with two attached hydrogens (primary N) is 1. The SMILES string of the molecule is CN(CCC1CCCCN1C)C(=O)[C@@H]1CCC[C@@H]1CN.Cl.Cl. The van der Waals surface area contributed by atoms with Gasteiger partial charge in [-0.15, -0.1) is 24.8 Å². The third-order valence-electron chi connectivity index (χ3n) is 5.37. The van der Waals surface area contributed by atoms with Crippen LogP contribution < -0.4 is 5.73 Å². The molecule has 1 unspecified atom stereocenters. The predicted octanol–water partition coefficient (Wildman–Crippen LogP) is 2.54. The molecule has 0 spiro atoms. The van der Waals surface area contributed by atoms with E-state index in [0.717, 1.165) is 32.2 Å². The minimum atomic E-state index is 0. The van der Waals surface area contributed by atoms with Crippen molar-refractivity contribution < 1.29 is 4.79 Å². The fourth-order valence-corrected chi connectivity index (χ4v) is 3.89. The summed E-state index contributed by atoms with van der Waals surface area (Å²) in [6, 6.07) is 0.660. The Morgan fingerprint density at radius 3 is 2.55 bits per heavy atom. The summed E-state index contributed by atoms with van der Waals surface area (Å²) in [5.41, 5.74) is 5.79. The van der Waals surface area contributed by atoms with Crippen LogP contribution in [0.25, 0.3) is 0 Å². The lowest BCUT2D eigenvalue weighted by atomic mass is 9.94. The Bertz CT molecular complexity index is 331. The molecule has 2 aliphatic rings. The van der Waals surface area contributed by atoms with E-state index in [1.54, 1.807) is 0 Å². The van der Waals surface area contributed by atoms with Crippen LogP contribution in [0.1, 0.15) is 44.9 Å². The van der Waals surface area contributed by atoms with Crippen molar-refractivity contribution in [2.75, 3.05) is 33.7 Å². The average Bonchev–Trinajstić information content (AvgIpc) is 2.93. The predicted molar refractivity (Wildman–Crippen MR) is 96.9 cm³/mol. The number of carbonyl (C=O) groups is 1. The van der Waals surface area contributed by atoms with Crippen LogP contribution in [0.15, 0.2) is 0 Å². The smallest absolute Gasteiger partial charge is 0.225 e. The molecule has 0 aromatic carbocycles. The van der Waals surface area contributed by atoms with Crippen LogP contribution in [0.2, 0.25) is 0 Å². The molecule has 0 radical (unpaired) electrons. The normalized spacial score (nSPS) is 28.6. The maximum absolute atomic E-state index is 12.5. The quantitative estimate of drug-likeness (QED) is 0.825. The van der Waals surface area contributed by atoms with E-state index in [-0.39, 0.29) is 30.7 Å². The van der Waals surface area contributed by atoms with Crippen LogP contribution in [0, 0.1) is 11.8 Å². The number of carbonyl (C=O) groups excluding carboxylic acids is 1. The molecule has 1 amide bonds. The monoisotopic (exact) mass is 353 g/mol. The van der Waals surface area contributed by atoms with Crippen molar-refractivity contribution in [3.8, 4) is 0 Å². The molecule has 2 rings (SSSR count). The standard InChI is InChI=1S/C16H31N3O.2ClH/c1-18-10-4-3-7-14(18)9-11-19(2)16(20)15-8-5-6-13(15)12-17;;/h13-15H,3-12,17H2,1-2H3;2*1H/t13-,14?,15-;;/m1../s1. The first-order valence-electron chi connectivity index (χ1n) is 8.28. The first kappa shape index (κ1) is 22.0. The van der Waals surface area contributed by atoms with Crippen molar-refractivity contribution in [3.63, 3.8) is 0 Å². The maximum Gasteiger partial charge on any atom is 0.225 e. The van der Waals surface area contributed by atoms with Crippen LogP contribution in [0.5, 0.6) is 0 Å². The minimum Gasteiger partial charge on any atom is -0.345 e. The molecule has 132 valence electrons. The fourth-order valence-electron chi connectivity index (χ4n) is 3.89. The van der Waals surface area contributed by atoms with Gasteiger partial charge in [-0.05, 0) is 58.2 Å². The van der Waals surface area contributed by atoms with Gasteiger partial charge in [-0.2, -0.15) is 0 Å². The second-order valence-corrected chi connectivity index (χ2v) is 6.71. The number of amides is 1. The molecular weight excluding hydrogens is 321 g/mol. The molecular formula is C16H33Cl2N3O. The third kappa shape index (κ3) is 5.55. The molecule has 1 saturated carbocycles. The third-order valence-corrected chi connectivity index (χ3v) is 5.37. The van der Waals surface area contributed by atoms with Gasteiger partial charge in [0.2, 0.25) is 5.91 Å². The molecule has 2 fully saturated rings. The van der Waals surface area contributed by atoms with Gasteiger partial charge < -0.3 is 15.5 Å². The summed E-state index contributed by atoms with van der Waals surface area (Å²) in [5.74, 6) is 0.938. The molecule has 1 aliphatic heterocycles. The minimum absolute atomic E-state index is 0. The van der Waals surface area contributed by atoms with Gasteiger partial charge in [-0.1, -0.05) is 12.8 Å². The summed E-state index contributed by atoms with van der Waals surface area (Å²) in [4.78, 5) is 16.9. The lowest BCUT2D eigenvalue weighted by Crippen LogP contribution is -2.41. The zero-order valence-electron chi connectivity index (χ0n) is 14.0. The van der Waals surface area contributed by atoms with Gasteiger partial charge in [0.1, 0.15) is 0 Å². The molecule has 1 heterocycles. The van der Waals surface area contributed by atoms with E-state index in [9.17, 15) is 4.79 Å². The number of halogens is 2. The Balaban J connectivity index is 0.00000220. The number of piperidine rings is 1. The van der Waals surface area contributed by atoms with Crippen LogP contribution in [0.4, 0.5) is 0 Å². The van der Waals surface area contributed by atoms with E-state index in [4.69, 9.17) is 5.73 Å². The molecule has 3 atom stereocenters. The van der Waals surface area contributed by atoms with E-state index >= 15 is 0 Å². The summed E-state index contributed by atoms with van der Waals surface area (Å²) < 4.78 is 0. The highest BCUT2D eigenvalue weighted by Crippen LogP contribution is 2.32. The van der Waals surface area contributed by atoms with Gasteiger partial charge in [-0.3, -0.25) is 4.79 Å². The zero-order chi connectivity index (χ0) is 14.5. The number of likely N-dealkylation sites (tertiary alicyclic amines) is 1. The zero-order valence-corrected chi connectivity index (χ0v) is 15.6. The van der Waals surface area contributed by atoms with Crippen molar-refractivity contribution in [2.24, 2.45) is 17.6 Å². The molecule has 0 aromatic rings. The van der Waals surface area contributed by atoms with E-state index in [1.807, 2.05) is 11.9 Å². The van der Waals surface area contributed by atoms with E-state index in [2.05, 4.69) is 11.9 Å². The van der Waals surface area contributed by atoms with E-state index < -0.39 is 0 Å². The molecule has 0 bridgehead atoms. The highest BCUT2D eigenvalue weighted by molar-refractivity contribution is 5.85. The number of hydrogen-bond acceptors (Lipinski definition) is 3. The van der Waals surface area contributed by atoms with Crippen LogP contribution in [-0.2, 0) is 4.79 Å². The Kier molecular flexibility index (Phi) is 10.7. The average molecular weight is 354 g/mol. The van der Waals surface area contributed by atoms with Gasteiger partial charge in [0, 0.05) is 25.6 Å². The van der Waals surface area contributed by atoms with Crippen LogP contribution in [0.3, 0.4) is 0 Å². The van der Waals surface area contributed by atoms with Crippen molar-refractivity contribution in [3.05, 3.63) is 0 Å². The van der Waals surface area contributed by atoms with Crippen molar-refractivity contribution in [1.29, 1.82) is 0 Å². The van der Waals surface area contributed by atoms with Crippen LogP contribution in [-0.4, -0.2) is 55.5 Å². The second-order valence-electron chi connectivity index (χ2n) is 6.71. The first-order chi connectivity index (χ1) is 9.63. The van der Waals surface area contributed by atoms with Gasteiger partial charge >= 0.3 is 0 Å². The van der Waals surface area contributed by atoms with Gasteiger partial charge in [0.05, 0.1) is 0 Å². The molecule has 1 saturated heterocycles. The van der Waals surface area contributed by atoms with Crippen LogP contribution >= 0.6 is 24.8 Å². The number of rotatable bonds is 5. The van der Waals surface area contributed by atoms with Gasteiger partial charge in [0.25, 0.3) is 0 Å². The summed E-state index contributed by atoms with van der Waals surface area (Å²) >= 11 is 0. The lowest BCUT2D eigenvalue weighted by molar-refractivity contribution is -0.135. The molecule has 6 heteroatoms. The highest BCUT2D eigenvalue weighted by atomic mass is 35.5. The Morgan fingerprint density at radius 2 is 1.91 bits per heavy atom. The lowest BCUT2D eigenvalue weighted by Gasteiger charge is -2.34. The molecule has 2 N–H and O–H groups in total. The van der Waals surface area contributed by atoms with Crippen molar-refractivity contribution >= 4 is 30.7 Å². The van der Waals surface area contributed by atoms with Crippen molar-refractivity contribution in [1.82, 2.24) is 9.80 Å². The second kappa shape index (κ2) is 10.7. The molecule has 22 heavy (non-hydrogen) atoms. The number of hydrogen-bond donors (Lipinski definition) is 1. The number of nitrogens with zero attached hydrogens (tertiary/aromatic N) is 2. The Morgan fingerprint density at radius 1 is 1.18 bits per heavy atom. The Hall–Kier alpha value is -0.0300. The van der Waals surface area contributed by atoms with Gasteiger partial charge in [-0.25, -0.2) is 0 Å². The first-order valence-corrected chi connectivity index (χ1v) is 8.28. The van der Waals surface area contributed by atoms with E-state index in [0.29, 0.717) is 24.4 Å². The topological polar surface area (TPSA) is 49.6 Å².